The van der Waals surface area contributed by atoms with Crippen molar-refractivity contribution in [3.63, 3.8) is 0 Å². The standard InChI is InChI=1S/C16H21ClN2O2S/c1-2-9-18(11-13-7-8-14(17)22-13)16(21)12-19-10-5-3-4-6-15(19)20/h2,7-8H,1,3-6,9-12H2. The highest BCUT2D eigenvalue weighted by molar-refractivity contribution is 7.16. The Bertz CT molecular complexity index is 544. The van der Waals surface area contributed by atoms with E-state index in [0.29, 0.717) is 30.4 Å². The van der Waals surface area contributed by atoms with Crippen LogP contribution in [0.5, 0.6) is 0 Å². The topological polar surface area (TPSA) is 40.6 Å². The van der Waals surface area contributed by atoms with Crippen LogP contribution >= 0.6 is 22.9 Å². The van der Waals surface area contributed by atoms with Crippen molar-refractivity contribution in [2.45, 2.75) is 32.2 Å². The van der Waals surface area contributed by atoms with Crippen molar-refractivity contribution in [2.75, 3.05) is 19.6 Å². The summed E-state index contributed by atoms with van der Waals surface area (Å²) >= 11 is 7.40. The monoisotopic (exact) mass is 340 g/mol. The lowest BCUT2D eigenvalue weighted by atomic mass is 10.2. The maximum atomic E-state index is 12.5. The van der Waals surface area contributed by atoms with E-state index in [-0.39, 0.29) is 18.4 Å². The maximum Gasteiger partial charge on any atom is 0.242 e. The molecule has 0 aromatic carbocycles. The van der Waals surface area contributed by atoms with Crippen LogP contribution in [-0.2, 0) is 16.1 Å². The Hall–Kier alpha value is -1.33. The van der Waals surface area contributed by atoms with Gasteiger partial charge in [-0.1, -0.05) is 24.1 Å². The smallest absolute Gasteiger partial charge is 0.242 e. The highest BCUT2D eigenvalue weighted by atomic mass is 35.5. The van der Waals surface area contributed by atoms with Gasteiger partial charge in [0.25, 0.3) is 0 Å². The summed E-state index contributed by atoms with van der Waals surface area (Å²) in [6.45, 7) is 5.52. The maximum absolute atomic E-state index is 12.5. The van der Waals surface area contributed by atoms with Crippen LogP contribution < -0.4 is 0 Å². The van der Waals surface area contributed by atoms with Crippen LogP contribution in [0.25, 0.3) is 0 Å². The van der Waals surface area contributed by atoms with Crippen LogP contribution in [0.15, 0.2) is 24.8 Å². The Labute approximate surface area is 140 Å². The first kappa shape index (κ1) is 17.0. The fraction of sp³-hybridized carbons (Fsp3) is 0.500. The van der Waals surface area contributed by atoms with E-state index in [2.05, 4.69) is 6.58 Å². The minimum Gasteiger partial charge on any atom is -0.333 e. The molecule has 0 spiro atoms. The van der Waals surface area contributed by atoms with Crippen LogP contribution in [0.1, 0.15) is 30.6 Å². The number of thiophene rings is 1. The van der Waals surface area contributed by atoms with Crippen LogP contribution in [-0.4, -0.2) is 41.2 Å². The molecular weight excluding hydrogens is 320 g/mol. The lowest BCUT2D eigenvalue weighted by molar-refractivity contribution is -0.140. The summed E-state index contributed by atoms with van der Waals surface area (Å²) in [5, 5.41) is 0. The molecule has 1 aliphatic rings. The summed E-state index contributed by atoms with van der Waals surface area (Å²) in [5.74, 6) is 0.0447. The molecule has 1 saturated heterocycles. The third kappa shape index (κ3) is 4.85. The third-order valence-corrected chi connectivity index (χ3v) is 4.89. The Morgan fingerprint density at radius 1 is 1.41 bits per heavy atom. The van der Waals surface area contributed by atoms with E-state index in [1.54, 1.807) is 15.9 Å². The molecular formula is C16H21ClN2O2S. The molecule has 0 atom stereocenters. The number of nitrogens with zero attached hydrogens (tertiary/aromatic N) is 2. The number of hydrogen-bond donors (Lipinski definition) is 0. The molecule has 1 aliphatic heterocycles. The van der Waals surface area contributed by atoms with Crippen molar-refractivity contribution in [1.29, 1.82) is 0 Å². The van der Waals surface area contributed by atoms with E-state index in [4.69, 9.17) is 11.6 Å². The van der Waals surface area contributed by atoms with Gasteiger partial charge in [-0.25, -0.2) is 0 Å². The molecule has 2 rings (SSSR count). The average molecular weight is 341 g/mol. The van der Waals surface area contributed by atoms with Crippen molar-refractivity contribution in [3.8, 4) is 0 Å². The summed E-state index contributed by atoms with van der Waals surface area (Å²) in [6.07, 6.45) is 5.21. The number of hydrogen-bond acceptors (Lipinski definition) is 3. The van der Waals surface area contributed by atoms with Gasteiger partial charge in [-0.2, -0.15) is 0 Å². The number of likely N-dealkylation sites (tertiary alicyclic amines) is 1. The predicted molar refractivity (Wildman–Crippen MR) is 90.0 cm³/mol. The van der Waals surface area contributed by atoms with Crippen molar-refractivity contribution in [1.82, 2.24) is 9.80 Å². The van der Waals surface area contributed by atoms with Gasteiger partial charge in [-0.15, -0.1) is 17.9 Å². The number of amides is 2. The zero-order chi connectivity index (χ0) is 15.9. The lowest BCUT2D eigenvalue weighted by Crippen LogP contribution is -2.42. The third-order valence-electron chi connectivity index (χ3n) is 3.68. The van der Waals surface area contributed by atoms with E-state index in [1.807, 2.05) is 12.1 Å². The van der Waals surface area contributed by atoms with Crippen molar-refractivity contribution < 1.29 is 9.59 Å². The van der Waals surface area contributed by atoms with Crippen LogP contribution in [0.2, 0.25) is 4.34 Å². The molecule has 4 nitrogen and oxygen atoms in total. The highest BCUT2D eigenvalue weighted by Gasteiger charge is 2.22. The van der Waals surface area contributed by atoms with E-state index < -0.39 is 0 Å². The van der Waals surface area contributed by atoms with Gasteiger partial charge in [0.15, 0.2) is 0 Å². The van der Waals surface area contributed by atoms with Crippen LogP contribution in [0, 0.1) is 0 Å². The minimum atomic E-state index is -0.0420. The fourth-order valence-electron chi connectivity index (χ4n) is 2.50. The molecule has 0 radical (unpaired) electrons. The zero-order valence-electron chi connectivity index (χ0n) is 12.6. The van der Waals surface area contributed by atoms with Gasteiger partial charge < -0.3 is 9.80 Å². The van der Waals surface area contributed by atoms with Crippen LogP contribution in [0.3, 0.4) is 0 Å². The normalized spacial score (nSPS) is 15.5. The second-order valence-electron chi connectivity index (χ2n) is 5.39. The second kappa shape index (κ2) is 8.34. The predicted octanol–water partition coefficient (Wildman–Crippen LogP) is 3.32. The molecule has 0 N–H and O–H groups in total. The molecule has 0 bridgehead atoms. The lowest BCUT2D eigenvalue weighted by Gasteiger charge is -2.25. The summed E-state index contributed by atoms with van der Waals surface area (Å²) in [4.78, 5) is 29.0. The quantitative estimate of drug-likeness (QED) is 0.745. The number of rotatable bonds is 6. The van der Waals surface area contributed by atoms with Gasteiger partial charge in [0.2, 0.25) is 11.8 Å². The molecule has 0 aliphatic carbocycles. The molecule has 2 amide bonds. The minimum absolute atomic E-state index is 0.0420. The number of halogens is 1. The Balaban J connectivity index is 1.99. The first-order valence-corrected chi connectivity index (χ1v) is 8.70. The Morgan fingerprint density at radius 3 is 2.91 bits per heavy atom. The summed E-state index contributed by atoms with van der Waals surface area (Å²) in [6, 6.07) is 3.75. The second-order valence-corrected chi connectivity index (χ2v) is 7.19. The fourth-order valence-corrected chi connectivity index (χ4v) is 3.61. The molecule has 1 aromatic rings. The van der Waals surface area contributed by atoms with Gasteiger partial charge in [0.1, 0.15) is 0 Å². The summed E-state index contributed by atoms with van der Waals surface area (Å²) < 4.78 is 0.712. The number of carbonyl (C=O) groups excluding carboxylic acids is 2. The highest BCUT2D eigenvalue weighted by Crippen LogP contribution is 2.23. The summed E-state index contributed by atoms with van der Waals surface area (Å²) in [7, 11) is 0. The van der Waals surface area contributed by atoms with Gasteiger partial charge >= 0.3 is 0 Å². The van der Waals surface area contributed by atoms with E-state index >= 15 is 0 Å². The largest absolute Gasteiger partial charge is 0.333 e. The van der Waals surface area contributed by atoms with E-state index in [9.17, 15) is 9.59 Å². The van der Waals surface area contributed by atoms with E-state index in [1.165, 1.54) is 11.3 Å². The first-order valence-electron chi connectivity index (χ1n) is 7.51. The molecule has 0 unspecified atom stereocenters. The number of carbonyl (C=O) groups is 2. The Morgan fingerprint density at radius 2 is 2.23 bits per heavy atom. The first-order chi connectivity index (χ1) is 10.6. The molecule has 1 fully saturated rings. The average Bonchev–Trinajstić information content (AvgIpc) is 2.79. The van der Waals surface area contributed by atoms with Crippen molar-refractivity contribution in [2.24, 2.45) is 0 Å². The molecule has 2 heterocycles. The zero-order valence-corrected chi connectivity index (χ0v) is 14.2. The molecule has 0 saturated carbocycles. The molecule has 22 heavy (non-hydrogen) atoms. The molecule has 1 aromatic heterocycles. The van der Waals surface area contributed by atoms with Gasteiger partial charge in [-0.05, 0) is 25.0 Å². The van der Waals surface area contributed by atoms with Crippen molar-refractivity contribution >= 4 is 34.8 Å². The van der Waals surface area contributed by atoms with Crippen LogP contribution in [0.4, 0.5) is 0 Å². The van der Waals surface area contributed by atoms with E-state index in [0.717, 1.165) is 24.1 Å². The Kier molecular flexibility index (Phi) is 6.46. The molecule has 120 valence electrons. The summed E-state index contributed by atoms with van der Waals surface area (Å²) in [5.41, 5.74) is 0. The van der Waals surface area contributed by atoms with Crippen molar-refractivity contribution in [3.05, 3.63) is 34.0 Å². The molecule has 6 heteroatoms. The van der Waals surface area contributed by atoms with Gasteiger partial charge in [-0.3, -0.25) is 9.59 Å². The van der Waals surface area contributed by atoms with Gasteiger partial charge in [0, 0.05) is 24.4 Å². The SMILES string of the molecule is C=CCN(Cc1ccc(Cl)s1)C(=O)CN1CCCCCC1=O. The van der Waals surface area contributed by atoms with Gasteiger partial charge in [0.05, 0.1) is 17.4 Å².